The van der Waals surface area contributed by atoms with E-state index in [0.29, 0.717) is 19.0 Å². The molecular formula is C21H33NO5S. The van der Waals surface area contributed by atoms with Gasteiger partial charge >= 0.3 is 6.09 Å². The molecule has 2 rings (SSSR count). The largest absolute Gasteiger partial charge is 0.444 e. The average molecular weight is 412 g/mol. The minimum Gasteiger partial charge on any atom is -0.444 e. The normalized spacial score (nSPS) is 17.4. The third-order valence-corrected chi connectivity index (χ3v) is 6.21. The summed E-state index contributed by atoms with van der Waals surface area (Å²) in [5.41, 5.74) is 0.224. The molecule has 1 aliphatic heterocycles. The first kappa shape index (κ1) is 22.7. The zero-order valence-corrected chi connectivity index (χ0v) is 18.2. The second-order valence-electron chi connectivity index (χ2n) is 8.45. The number of piperidine rings is 1. The number of carbonyl (C=O) groups is 1. The van der Waals surface area contributed by atoms with Gasteiger partial charge in [-0.05, 0) is 51.0 Å². The zero-order chi connectivity index (χ0) is 20.8. The molecule has 0 saturated carbocycles. The monoisotopic (exact) mass is 411 g/mol. The molecule has 1 fully saturated rings. The van der Waals surface area contributed by atoms with Crippen molar-refractivity contribution in [3.8, 4) is 0 Å². The smallest absolute Gasteiger partial charge is 0.410 e. The van der Waals surface area contributed by atoms with Gasteiger partial charge in [-0.3, -0.25) is 4.18 Å². The van der Waals surface area contributed by atoms with Gasteiger partial charge in [0.1, 0.15) is 11.4 Å². The molecule has 1 amide bonds. The summed E-state index contributed by atoms with van der Waals surface area (Å²) in [6, 6.07) is 9.05. The van der Waals surface area contributed by atoms with E-state index in [-0.39, 0.29) is 24.4 Å². The van der Waals surface area contributed by atoms with E-state index in [9.17, 15) is 13.2 Å². The summed E-state index contributed by atoms with van der Waals surface area (Å²) < 4.78 is 35.3. The Labute approximate surface area is 169 Å². The number of ether oxygens (including phenoxy) is 1. The molecule has 0 radical (unpaired) electrons. The van der Waals surface area contributed by atoms with Crippen LogP contribution in [-0.2, 0) is 24.8 Å². The molecule has 1 aromatic carbocycles. The molecule has 0 N–H and O–H groups in total. The van der Waals surface area contributed by atoms with Gasteiger partial charge in [-0.15, -0.1) is 0 Å². The topological polar surface area (TPSA) is 72.9 Å². The van der Waals surface area contributed by atoms with E-state index in [1.165, 1.54) is 0 Å². The lowest BCUT2D eigenvalue weighted by Crippen LogP contribution is -2.43. The van der Waals surface area contributed by atoms with Crippen molar-refractivity contribution in [2.24, 2.45) is 11.8 Å². The number of hydrogen-bond donors (Lipinski definition) is 0. The molecule has 0 aromatic heterocycles. The number of hydrogen-bond acceptors (Lipinski definition) is 5. The van der Waals surface area contributed by atoms with E-state index in [1.807, 2.05) is 39.0 Å². The molecule has 28 heavy (non-hydrogen) atoms. The first-order valence-electron chi connectivity index (χ1n) is 9.98. The molecule has 0 aliphatic carbocycles. The minimum atomic E-state index is -3.61. The van der Waals surface area contributed by atoms with E-state index in [1.54, 1.807) is 17.0 Å². The quantitative estimate of drug-likeness (QED) is 0.629. The molecule has 1 unspecified atom stereocenters. The van der Waals surface area contributed by atoms with Crippen molar-refractivity contribution in [1.82, 2.24) is 4.90 Å². The van der Waals surface area contributed by atoms with Crippen LogP contribution in [0.15, 0.2) is 30.3 Å². The van der Waals surface area contributed by atoms with Gasteiger partial charge in [0.05, 0.1) is 6.61 Å². The molecule has 0 spiro atoms. The van der Waals surface area contributed by atoms with Gasteiger partial charge in [0, 0.05) is 13.1 Å². The maximum Gasteiger partial charge on any atom is 0.410 e. The van der Waals surface area contributed by atoms with Gasteiger partial charge in [0.15, 0.2) is 0 Å². The molecule has 158 valence electrons. The Morgan fingerprint density at radius 1 is 1.18 bits per heavy atom. The summed E-state index contributed by atoms with van der Waals surface area (Å²) in [6.07, 6.45) is 2.23. The van der Waals surface area contributed by atoms with Gasteiger partial charge in [-0.2, -0.15) is 8.42 Å². The SMILES string of the molecule is CCC(COS(=O)(=O)Cc1ccccc1)C1CCN(C(=O)OC(C)(C)C)CC1. The van der Waals surface area contributed by atoms with E-state index in [2.05, 4.69) is 6.92 Å². The fourth-order valence-electron chi connectivity index (χ4n) is 3.48. The number of nitrogens with zero attached hydrogens (tertiary/aromatic N) is 1. The Hall–Kier alpha value is -1.60. The van der Waals surface area contributed by atoms with Crippen LogP contribution in [0.3, 0.4) is 0 Å². The second-order valence-corrected chi connectivity index (χ2v) is 10.1. The molecule has 1 atom stereocenters. The summed E-state index contributed by atoms with van der Waals surface area (Å²) in [4.78, 5) is 13.9. The zero-order valence-electron chi connectivity index (χ0n) is 17.4. The maximum atomic E-state index is 12.3. The van der Waals surface area contributed by atoms with E-state index >= 15 is 0 Å². The lowest BCUT2D eigenvalue weighted by atomic mass is 9.83. The molecule has 7 heteroatoms. The van der Waals surface area contributed by atoms with Gasteiger partial charge in [-0.1, -0.05) is 43.7 Å². The molecule has 1 heterocycles. The van der Waals surface area contributed by atoms with Crippen molar-refractivity contribution in [2.75, 3.05) is 19.7 Å². The van der Waals surface area contributed by atoms with Crippen LogP contribution in [0.5, 0.6) is 0 Å². The van der Waals surface area contributed by atoms with Crippen molar-refractivity contribution < 1.29 is 22.1 Å². The Morgan fingerprint density at radius 2 is 1.79 bits per heavy atom. The van der Waals surface area contributed by atoms with Crippen molar-refractivity contribution in [3.63, 3.8) is 0 Å². The highest BCUT2D eigenvalue weighted by molar-refractivity contribution is 7.85. The van der Waals surface area contributed by atoms with Crippen molar-refractivity contribution in [3.05, 3.63) is 35.9 Å². The molecular weight excluding hydrogens is 378 g/mol. The third kappa shape index (κ3) is 7.43. The lowest BCUT2D eigenvalue weighted by molar-refractivity contribution is 0.0145. The van der Waals surface area contributed by atoms with Crippen LogP contribution in [-0.4, -0.2) is 44.7 Å². The number of carbonyl (C=O) groups excluding carboxylic acids is 1. The fourth-order valence-corrected chi connectivity index (χ4v) is 4.54. The average Bonchev–Trinajstić information content (AvgIpc) is 2.61. The second kappa shape index (κ2) is 9.74. The van der Waals surface area contributed by atoms with E-state index < -0.39 is 15.7 Å². The number of likely N-dealkylation sites (tertiary alicyclic amines) is 1. The van der Waals surface area contributed by atoms with Crippen LogP contribution in [0.25, 0.3) is 0 Å². The Balaban J connectivity index is 1.83. The Morgan fingerprint density at radius 3 is 2.32 bits per heavy atom. The number of amides is 1. The van der Waals surface area contributed by atoms with Gasteiger partial charge in [0.25, 0.3) is 10.1 Å². The molecule has 0 bridgehead atoms. The van der Waals surface area contributed by atoms with Gasteiger partial charge in [-0.25, -0.2) is 4.79 Å². The first-order valence-corrected chi connectivity index (χ1v) is 11.6. The fraction of sp³-hybridized carbons (Fsp3) is 0.667. The highest BCUT2D eigenvalue weighted by Gasteiger charge is 2.31. The third-order valence-electron chi connectivity index (χ3n) is 5.03. The standard InChI is InChI=1S/C21H33NO5S/c1-5-18(15-26-28(24,25)16-17-9-7-6-8-10-17)19-11-13-22(14-12-19)20(23)27-21(2,3)4/h6-10,18-19H,5,11-16H2,1-4H3. The first-order chi connectivity index (χ1) is 13.1. The van der Waals surface area contributed by atoms with Gasteiger partial charge in [0.2, 0.25) is 0 Å². The highest BCUT2D eigenvalue weighted by atomic mass is 32.2. The summed E-state index contributed by atoms with van der Waals surface area (Å²) in [5.74, 6) is 0.392. The van der Waals surface area contributed by atoms with Crippen LogP contribution in [0.1, 0.15) is 52.5 Å². The van der Waals surface area contributed by atoms with Gasteiger partial charge < -0.3 is 9.64 Å². The lowest BCUT2D eigenvalue weighted by Gasteiger charge is -2.36. The number of benzene rings is 1. The summed E-state index contributed by atoms with van der Waals surface area (Å²) in [5, 5.41) is 0. The van der Waals surface area contributed by atoms with Crippen LogP contribution < -0.4 is 0 Å². The Bertz CT molecular complexity index is 719. The maximum absolute atomic E-state index is 12.3. The van der Waals surface area contributed by atoms with Crippen molar-refractivity contribution in [2.45, 2.75) is 58.3 Å². The van der Waals surface area contributed by atoms with Crippen LogP contribution in [0.2, 0.25) is 0 Å². The van der Waals surface area contributed by atoms with Crippen molar-refractivity contribution >= 4 is 16.2 Å². The van der Waals surface area contributed by atoms with E-state index in [4.69, 9.17) is 8.92 Å². The Kier molecular flexibility index (Phi) is 7.89. The predicted octanol–water partition coefficient (Wildman–Crippen LogP) is 4.21. The summed E-state index contributed by atoms with van der Waals surface area (Å²) in [7, 11) is -3.61. The van der Waals surface area contributed by atoms with Crippen LogP contribution in [0.4, 0.5) is 4.79 Å². The number of rotatable bonds is 7. The van der Waals surface area contributed by atoms with E-state index in [0.717, 1.165) is 24.8 Å². The van der Waals surface area contributed by atoms with Crippen LogP contribution in [0, 0.1) is 11.8 Å². The minimum absolute atomic E-state index is 0.110. The summed E-state index contributed by atoms with van der Waals surface area (Å²) >= 11 is 0. The molecule has 1 aliphatic rings. The predicted molar refractivity (Wildman–Crippen MR) is 109 cm³/mol. The summed E-state index contributed by atoms with van der Waals surface area (Å²) in [6.45, 7) is 9.09. The highest BCUT2D eigenvalue weighted by Crippen LogP contribution is 2.29. The molecule has 1 saturated heterocycles. The molecule has 6 nitrogen and oxygen atoms in total. The molecule has 1 aromatic rings. The van der Waals surface area contributed by atoms with Crippen LogP contribution >= 0.6 is 0 Å². The van der Waals surface area contributed by atoms with Crippen molar-refractivity contribution in [1.29, 1.82) is 0 Å².